The molecule has 1 unspecified atom stereocenters. The van der Waals surface area contributed by atoms with Gasteiger partial charge in [-0.2, -0.15) is 0 Å². The molecule has 1 saturated heterocycles. The lowest BCUT2D eigenvalue weighted by molar-refractivity contribution is 0.340. The van der Waals surface area contributed by atoms with E-state index < -0.39 is 19.9 Å². The van der Waals surface area contributed by atoms with Crippen molar-refractivity contribution in [3.63, 3.8) is 0 Å². The number of sulfone groups is 1. The van der Waals surface area contributed by atoms with Crippen molar-refractivity contribution in [1.82, 2.24) is 10.0 Å². The molecule has 1 aliphatic heterocycles. The SMILES string of the molecule is CCS(=O)(=O)CCOc1ccc(S(=O)(=O)NC2CCCNC2)cc1.Cl. The van der Waals surface area contributed by atoms with Gasteiger partial charge in [0.25, 0.3) is 0 Å². The second kappa shape index (κ2) is 9.72. The number of ether oxygens (including phenoxy) is 1. The summed E-state index contributed by atoms with van der Waals surface area (Å²) in [6.45, 7) is 3.18. The Morgan fingerprint density at radius 1 is 1.20 bits per heavy atom. The highest BCUT2D eigenvalue weighted by molar-refractivity contribution is 7.91. The molecule has 25 heavy (non-hydrogen) atoms. The van der Waals surface area contributed by atoms with Gasteiger partial charge in [-0.05, 0) is 43.7 Å². The molecule has 1 atom stereocenters. The van der Waals surface area contributed by atoms with E-state index in [1.165, 1.54) is 24.3 Å². The predicted octanol–water partition coefficient (Wildman–Crippen LogP) is 0.952. The minimum atomic E-state index is -3.57. The Bertz CT molecular complexity index is 730. The molecule has 1 aliphatic rings. The van der Waals surface area contributed by atoms with Crippen LogP contribution in [0.5, 0.6) is 5.75 Å². The van der Waals surface area contributed by atoms with Crippen LogP contribution < -0.4 is 14.8 Å². The number of nitrogens with one attached hydrogen (secondary N) is 2. The van der Waals surface area contributed by atoms with Gasteiger partial charge in [-0.25, -0.2) is 21.6 Å². The fourth-order valence-corrected chi connectivity index (χ4v) is 4.28. The molecule has 0 bridgehead atoms. The van der Waals surface area contributed by atoms with Crippen molar-refractivity contribution in [2.45, 2.75) is 30.7 Å². The van der Waals surface area contributed by atoms with Gasteiger partial charge in [0, 0.05) is 18.3 Å². The molecule has 7 nitrogen and oxygen atoms in total. The number of benzene rings is 1. The molecule has 10 heteroatoms. The quantitative estimate of drug-likeness (QED) is 0.659. The van der Waals surface area contributed by atoms with Crippen LogP contribution in [-0.4, -0.2) is 54.1 Å². The molecule has 2 N–H and O–H groups in total. The first kappa shape index (κ1) is 22.2. The third kappa shape index (κ3) is 7.10. The zero-order valence-electron chi connectivity index (χ0n) is 14.1. The Morgan fingerprint density at radius 3 is 2.44 bits per heavy atom. The Hall–Kier alpha value is -0.870. The zero-order valence-corrected chi connectivity index (χ0v) is 16.6. The van der Waals surface area contributed by atoms with Gasteiger partial charge in [-0.3, -0.25) is 0 Å². The van der Waals surface area contributed by atoms with Crippen molar-refractivity contribution in [3.8, 4) is 5.75 Å². The Morgan fingerprint density at radius 2 is 1.88 bits per heavy atom. The number of piperidine rings is 1. The summed E-state index contributed by atoms with van der Waals surface area (Å²) in [5.41, 5.74) is 0. The molecule has 2 rings (SSSR count). The molecule has 1 heterocycles. The van der Waals surface area contributed by atoms with Crippen LogP contribution in [0, 0.1) is 0 Å². The van der Waals surface area contributed by atoms with E-state index in [4.69, 9.17) is 4.74 Å². The van der Waals surface area contributed by atoms with Crippen molar-refractivity contribution in [2.24, 2.45) is 0 Å². The molecule has 1 aromatic carbocycles. The van der Waals surface area contributed by atoms with E-state index in [2.05, 4.69) is 10.0 Å². The van der Waals surface area contributed by atoms with Gasteiger partial charge >= 0.3 is 0 Å². The van der Waals surface area contributed by atoms with Gasteiger partial charge < -0.3 is 10.1 Å². The lowest BCUT2D eigenvalue weighted by atomic mass is 10.1. The maximum absolute atomic E-state index is 12.3. The molecule has 0 amide bonds. The van der Waals surface area contributed by atoms with E-state index in [9.17, 15) is 16.8 Å². The smallest absolute Gasteiger partial charge is 0.240 e. The Balaban J connectivity index is 0.00000312. The third-order valence-corrected chi connectivity index (χ3v) is 7.06. The summed E-state index contributed by atoms with van der Waals surface area (Å²) in [5.74, 6) is 0.467. The topological polar surface area (TPSA) is 102 Å². The standard InChI is InChI=1S/C15H24N2O5S2.ClH/c1-2-23(18,19)11-10-22-14-5-7-15(8-6-14)24(20,21)17-13-4-3-9-16-12-13;/h5-8,13,16-17H,2-4,9-12H2,1H3;1H. The van der Waals surface area contributed by atoms with E-state index in [0.29, 0.717) is 12.3 Å². The van der Waals surface area contributed by atoms with Crippen LogP contribution in [-0.2, 0) is 19.9 Å². The molecule has 0 aromatic heterocycles. The normalized spacial score (nSPS) is 18.4. The van der Waals surface area contributed by atoms with E-state index in [1.54, 1.807) is 6.92 Å². The molecule has 1 fully saturated rings. The molecular weight excluding hydrogens is 388 g/mol. The van der Waals surface area contributed by atoms with Gasteiger partial charge in [0.05, 0.1) is 10.6 Å². The lowest BCUT2D eigenvalue weighted by Crippen LogP contribution is -2.45. The van der Waals surface area contributed by atoms with Crippen LogP contribution in [0.1, 0.15) is 19.8 Å². The molecule has 0 aliphatic carbocycles. The minimum absolute atomic E-state index is 0. The number of hydrogen-bond donors (Lipinski definition) is 2. The summed E-state index contributed by atoms with van der Waals surface area (Å²) in [4.78, 5) is 0.168. The second-order valence-corrected chi connectivity index (χ2v) is 9.91. The molecule has 144 valence electrons. The molecule has 0 spiro atoms. The van der Waals surface area contributed by atoms with Crippen molar-refractivity contribution < 1.29 is 21.6 Å². The fourth-order valence-electron chi connectivity index (χ4n) is 2.39. The summed E-state index contributed by atoms with van der Waals surface area (Å²) in [6, 6.07) is 5.89. The summed E-state index contributed by atoms with van der Waals surface area (Å²) < 4.78 is 55.5. The van der Waals surface area contributed by atoms with Gasteiger partial charge in [0.1, 0.15) is 12.4 Å². The number of halogens is 1. The van der Waals surface area contributed by atoms with Gasteiger partial charge in [-0.15, -0.1) is 12.4 Å². The lowest BCUT2D eigenvalue weighted by Gasteiger charge is -2.23. The zero-order chi connectivity index (χ0) is 17.6. The van der Waals surface area contributed by atoms with Crippen molar-refractivity contribution in [2.75, 3.05) is 31.2 Å². The first-order chi connectivity index (χ1) is 11.3. The van der Waals surface area contributed by atoms with Crippen LogP contribution >= 0.6 is 12.4 Å². The van der Waals surface area contributed by atoms with E-state index in [0.717, 1.165) is 19.4 Å². The molecule has 0 radical (unpaired) electrons. The fraction of sp³-hybridized carbons (Fsp3) is 0.600. The predicted molar refractivity (Wildman–Crippen MR) is 99.7 cm³/mol. The number of rotatable bonds is 8. The minimum Gasteiger partial charge on any atom is -0.493 e. The first-order valence-electron chi connectivity index (χ1n) is 7.99. The Labute approximate surface area is 155 Å². The second-order valence-electron chi connectivity index (χ2n) is 5.72. The largest absolute Gasteiger partial charge is 0.493 e. The van der Waals surface area contributed by atoms with Crippen LogP contribution in [0.3, 0.4) is 0 Å². The van der Waals surface area contributed by atoms with Crippen LogP contribution in [0.15, 0.2) is 29.2 Å². The van der Waals surface area contributed by atoms with Gasteiger partial charge in [-0.1, -0.05) is 6.92 Å². The monoisotopic (exact) mass is 412 g/mol. The maximum atomic E-state index is 12.3. The van der Waals surface area contributed by atoms with Gasteiger partial charge in [0.2, 0.25) is 10.0 Å². The number of sulfonamides is 1. The summed E-state index contributed by atoms with van der Waals surface area (Å²) >= 11 is 0. The molecule has 0 saturated carbocycles. The van der Waals surface area contributed by atoms with E-state index in [1.807, 2.05) is 0 Å². The highest BCUT2D eigenvalue weighted by Crippen LogP contribution is 2.17. The van der Waals surface area contributed by atoms with Crippen LogP contribution in [0.2, 0.25) is 0 Å². The van der Waals surface area contributed by atoms with E-state index in [-0.39, 0.29) is 41.5 Å². The van der Waals surface area contributed by atoms with Crippen LogP contribution in [0.25, 0.3) is 0 Å². The van der Waals surface area contributed by atoms with Crippen LogP contribution in [0.4, 0.5) is 0 Å². The molecular formula is C15H25ClN2O5S2. The van der Waals surface area contributed by atoms with Gasteiger partial charge in [0.15, 0.2) is 9.84 Å². The maximum Gasteiger partial charge on any atom is 0.240 e. The summed E-state index contributed by atoms with van der Waals surface area (Å²) in [7, 11) is -6.64. The van der Waals surface area contributed by atoms with Crippen molar-refractivity contribution in [3.05, 3.63) is 24.3 Å². The highest BCUT2D eigenvalue weighted by Gasteiger charge is 2.21. The van der Waals surface area contributed by atoms with E-state index >= 15 is 0 Å². The average molecular weight is 413 g/mol. The van der Waals surface area contributed by atoms with Crippen molar-refractivity contribution >= 4 is 32.3 Å². The highest BCUT2D eigenvalue weighted by atomic mass is 35.5. The third-order valence-electron chi connectivity index (χ3n) is 3.86. The Kier molecular flexibility index (Phi) is 8.62. The average Bonchev–Trinajstić information content (AvgIpc) is 2.56. The molecule has 1 aromatic rings. The van der Waals surface area contributed by atoms with Crippen molar-refractivity contribution in [1.29, 1.82) is 0 Å². The first-order valence-corrected chi connectivity index (χ1v) is 11.3. The number of hydrogen-bond acceptors (Lipinski definition) is 6. The summed E-state index contributed by atoms with van der Waals surface area (Å²) in [5, 5.41) is 3.16. The summed E-state index contributed by atoms with van der Waals surface area (Å²) in [6.07, 6.45) is 1.76.